The monoisotopic (exact) mass is 317 g/mol. The van der Waals surface area contributed by atoms with Gasteiger partial charge in [0.2, 0.25) is 5.95 Å². The highest BCUT2D eigenvalue weighted by Crippen LogP contribution is 2.24. The maximum absolute atomic E-state index is 13.1. The first-order chi connectivity index (χ1) is 5.95. The first-order valence-corrected chi connectivity index (χ1v) is 4.61. The van der Waals surface area contributed by atoms with E-state index in [1.54, 1.807) is 22.6 Å². The standard InChI is InChI=1S/C7H3ClF2INO/c1-2(13)3-5(9)4(8)7(11)12-6(3)10/h1H3. The summed E-state index contributed by atoms with van der Waals surface area (Å²) in [5, 5.41) is -0.327. The average molecular weight is 317 g/mol. The highest BCUT2D eigenvalue weighted by Gasteiger charge is 2.20. The van der Waals surface area contributed by atoms with Crippen LogP contribution < -0.4 is 0 Å². The molecule has 0 saturated heterocycles. The van der Waals surface area contributed by atoms with E-state index in [0.717, 1.165) is 6.92 Å². The number of halogens is 4. The average Bonchev–Trinajstić information content (AvgIpc) is 1.99. The van der Waals surface area contributed by atoms with Gasteiger partial charge in [-0.25, -0.2) is 9.37 Å². The van der Waals surface area contributed by atoms with Crippen LogP contribution in [-0.2, 0) is 0 Å². The van der Waals surface area contributed by atoms with Gasteiger partial charge in [-0.15, -0.1) is 0 Å². The zero-order valence-electron chi connectivity index (χ0n) is 6.37. The molecule has 0 bridgehead atoms. The highest BCUT2D eigenvalue weighted by molar-refractivity contribution is 14.1. The minimum absolute atomic E-state index is 0.000679. The third-order valence-corrected chi connectivity index (χ3v) is 2.79. The lowest BCUT2D eigenvalue weighted by molar-refractivity contribution is 0.100. The lowest BCUT2D eigenvalue weighted by Crippen LogP contribution is -2.06. The van der Waals surface area contributed by atoms with Gasteiger partial charge in [0, 0.05) is 0 Å². The number of Topliss-reactive ketones (excluding diaryl/α,β-unsaturated/α-hetero) is 1. The van der Waals surface area contributed by atoms with Gasteiger partial charge in [-0.05, 0) is 29.5 Å². The number of pyridine rings is 1. The van der Waals surface area contributed by atoms with Crippen LogP contribution in [0, 0.1) is 15.5 Å². The molecule has 13 heavy (non-hydrogen) atoms. The Morgan fingerprint density at radius 2 is 2.08 bits per heavy atom. The van der Waals surface area contributed by atoms with E-state index in [0.29, 0.717) is 0 Å². The maximum atomic E-state index is 13.1. The molecule has 0 saturated carbocycles. The Morgan fingerprint density at radius 1 is 1.54 bits per heavy atom. The van der Waals surface area contributed by atoms with Crippen LogP contribution in [0.25, 0.3) is 0 Å². The van der Waals surface area contributed by atoms with Gasteiger partial charge < -0.3 is 0 Å². The summed E-state index contributed by atoms with van der Waals surface area (Å²) < 4.78 is 26.0. The summed E-state index contributed by atoms with van der Waals surface area (Å²) in [5.41, 5.74) is -0.689. The summed E-state index contributed by atoms with van der Waals surface area (Å²) in [7, 11) is 0. The molecule has 70 valence electrons. The molecule has 1 aromatic rings. The summed E-state index contributed by atoms with van der Waals surface area (Å²) in [5.74, 6) is -2.91. The van der Waals surface area contributed by atoms with Crippen molar-refractivity contribution in [2.45, 2.75) is 6.92 Å². The normalized spacial score (nSPS) is 10.2. The molecule has 1 rings (SSSR count). The summed E-state index contributed by atoms with van der Waals surface area (Å²) in [6, 6.07) is 0. The van der Waals surface area contributed by atoms with Crippen LogP contribution in [0.5, 0.6) is 0 Å². The van der Waals surface area contributed by atoms with Crippen molar-refractivity contribution in [2.24, 2.45) is 0 Å². The molecule has 0 aromatic carbocycles. The molecule has 0 aliphatic carbocycles. The molecular weight excluding hydrogens is 314 g/mol. The quantitative estimate of drug-likeness (QED) is 0.453. The smallest absolute Gasteiger partial charge is 0.227 e. The van der Waals surface area contributed by atoms with Crippen LogP contribution in [-0.4, -0.2) is 10.8 Å². The van der Waals surface area contributed by atoms with Gasteiger partial charge in [-0.3, -0.25) is 4.79 Å². The van der Waals surface area contributed by atoms with Crippen molar-refractivity contribution >= 4 is 40.0 Å². The molecule has 6 heteroatoms. The highest BCUT2D eigenvalue weighted by atomic mass is 127. The third kappa shape index (κ3) is 1.96. The predicted molar refractivity (Wildman–Crippen MR) is 51.9 cm³/mol. The topological polar surface area (TPSA) is 30.0 Å². The Hall–Kier alpha value is -0.300. The number of nitrogens with zero attached hydrogens (tertiary/aromatic N) is 1. The lowest BCUT2D eigenvalue weighted by atomic mass is 10.2. The maximum Gasteiger partial charge on any atom is 0.227 e. The van der Waals surface area contributed by atoms with Crippen molar-refractivity contribution in [3.63, 3.8) is 0 Å². The number of hydrogen-bond acceptors (Lipinski definition) is 2. The second-order valence-electron chi connectivity index (χ2n) is 2.25. The van der Waals surface area contributed by atoms with Crippen LogP contribution in [0.15, 0.2) is 0 Å². The van der Waals surface area contributed by atoms with Gasteiger partial charge in [0.15, 0.2) is 11.6 Å². The lowest BCUT2D eigenvalue weighted by Gasteiger charge is -2.02. The second-order valence-corrected chi connectivity index (χ2v) is 3.65. The number of hydrogen-bond donors (Lipinski definition) is 0. The molecule has 1 aromatic heterocycles. The van der Waals surface area contributed by atoms with Gasteiger partial charge >= 0.3 is 0 Å². The van der Waals surface area contributed by atoms with Crippen molar-refractivity contribution in [1.82, 2.24) is 4.98 Å². The van der Waals surface area contributed by atoms with E-state index >= 15 is 0 Å². The largest absolute Gasteiger partial charge is 0.294 e. The molecule has 0 N–H and O–H groups in total. The minimum atomic E-state index is -1.13. The molecule has 2 nitrogen and oxygen atoms in total. The van der Waals surface area contributed by atoms with Gasteiger partial charge in [0.1, 0.15) is 14.3 Å². The molecule has 0 aliphatic rings. The molecule has 0 amide bonds. The van der Waals surface area contributed by atoms with Crippen molar-refractivity contribution in [3.05, 3.63) is 26.1 Å². The van der Waals surface area contributed by atoms with Crippen molar-refractivity contribution in [3.8, 4) is 0 Å². The summed E-state index contributed by atoms with van der Waals surface area (Å²) in [6.07, 6.45) is 0. The molecule has 0 atom stereocenters. The van der Waals surface area contributed by atoms with E-state index in [9.17, 15) is 13.6 Å². The van der Waals surface area contributed by atoms with Crippen LogP contribution >= 0.6 is 34.2 Å². The van der Waals surface area contributed by atoms with Gasteiger partial charge in [-0.1, -0.05) is 11.6 Å². The van der Waals surface area contributed by atoms with E-state index in [1.807, 2.05) is 0 Å². The number of aromatic nitrogens is 1. The summed E-state index contributed by atoms with van der Waals surface area (Å²) in [4.78, 5) is 14.1. The Labute approximate surface area is 91.4 Å². The second kappa shape index (κ2) is 3.83. The van der Waals surface area contributed by atoms with Crippen molar-refractivity contribution in [1.29, 1.82) is 0 Å². The Kier molecular flexibility index (Phi) is 3.18. The molecule has 0 fully saturated rings. The molecular formula is C7H3ClF2INO. The van der Waals surface area contributed by atoms with E-state index in [4.69, 9.17) is 11.6 Å². The number of carbonyl (C=O) groups is 1. The number of rotatable bonds is 1. The van der Waals surface area contributed by atoms with Crippen molar-refractivity contribution < 1.29 is 13.6 Å². The predicted octanol–water partition coefficient (Wildman–Crippen LogP) is 2.82. The van der Waals surface area contributed by atoms with E-state index in [2.05, 4.69) is 4.98 Å². The Morgan fingerprint density at radius 3 is 2.54 bits per heavy atom. The SMILES string of the molecule is CC(=O)c1c(F)nc(I)c(Cl)c1F. The molecule has 0 radical (unpaired) electrons. The fourth-order valence-electron chi connectivity index (χ4n) is 0.782. The van der Waals surface area contributed by atoms with Gasteiger partial charge in [0.05, 0.1) is 0 Å². The molecule has 0 aliphatic heterocycles. The fourth-order valence-corrected chi connectivity index (χ4v) is 1.37. The minimum Gasteiger partial charge on any atom is -0.294 e. The van der Waals surface area contributed by atoms with E-state index in [1.165, 1.54) is 0 Å². The zero-order chi connectivity index (χ0) is 10.2. The van der Waals surface area contributed by atoms with Crippen LogP contribution in [0.2, 0.25) is 5.02 Å². The van der Waals surface area contributed by atoms with Crippen LogP contribution in [0.1, 0.15) is 17.3 Å². The summed E-state index contributed by atoms with van der Waals surface area (Å²) >= 11 is 7.02. The van der Waals surface area contributed by atoms with E-state index in [-0.39, 0.29) is 8.72 Å². The third-order valence-electron chi connectivity index (χ3n) is 1.35. The zero-order valence-corrected chi connectivity index (χ0v) is 9.28. The molecule has 1 heterocycles. The van der Waals surface area contributed by atoms with Gasteiger partial charge in [-0.2, -0.15) is 4.39 Å². The first-order valence-electron chi connectivity index (χ1n) is 3.16. The first kappa shape index (κ1) is 10.8. The van der Waals surface area contributed by atoms with Crippen LogP contribution in [0.4, 0.5) is 8.78 Å². The number of carbonyl (C=O) groups excluding carboxylic acids is 1. The Balaban J connectivity index is 3.53. The fraction of sp³-hybridized carbons (Fsp3) is 0.143. The van der Waals surface area contributed by atoms with Gasteiger partial charge in [0.25, 0.3) is 0 Å². The summed E-state index contributed by atoms with van der Waals surface area (Å²) in [6.45, 7) is 1.05. The van der Waals surface area contributed by atoms with Crippen molar-refractivity contribution in [2.75, 3.05) is 0 Å². The molecule has 0 unspecified atom stereocenters. The Bertz CT molecular complexity index is 383. The number of ketones is 1. The van der Waals surface area contributed by atoms with E-state index < -0.39 is 23.1 Å². The molecule has 0 spiro atoms. The van der Waals surface area contributed by atoms with Crippen LogP contribution in [0.3, 0.4) is 0 Å².